The first-order valence-corrected chi connectivity index (χ1v) is 27.5. The molecule has 0 aliphatic carbocycles. The van der Waals surface area contributed by atoms with E-state index in [1.807, 2.05) is 21.1 Å². The average Bonchev–Trinajstić information content (AvgIpc) is 3.23. The minimum atomic E-state index is -4.30. The first-order chi connectivity index (χ1) is 30.0. The Hall–Kier alpha value is -1.54. The highest BCUT2D eigenvalue weighted by atomic mass is 31.2. The molecule has 364 valence electrons. The van der Waals surface area contributed by atoms with E-state index in [-0.39, 0.29) is 19.1 Å². The topological polar surface area (TPSA) is 105 Å². The number of phosphoric acid groups is 1. The zero-order valence-corrected chi connectivity index (χ0v) is 42.3. The van der Waals surface area contributed by atoms with Crippen molar-refractivity contribution in [3.05, 3.63) is 48.6 Å². The molecule has 0 bridgehead atoms. The van der Waals surface area contributed by atoms with E-state index in [1.165, 1.54) is 128 Å². The maximum absolute atomic E-state index is 12.8. The Morgan fingerprint density at radius 3 is 1.42 bits per heavy atom. The SMILES string of the molecule is CC/C=C\C/C=C\C/C=C\C/C=C\CCCCCCCCCCCCCCCCCCCCCCCCC(=O)NC(COP(=O)(O)OCC[N+](C)(C)C)C(O)CCCCCCC. The maximum atomic E-state index is 12.8. The molecule has 3 unspecified atom stereocenters. The van der Waals surface area contributed by atoms with Crippen molar-refractivity contribution in [2.75, 3.05) is 40.9 Å². The summed E-state index contributed by atoms with van der Waals surface area (Å²) < 4.78 is 23.5. The number of carbonyl (C=O) groups is 1. The van der Waals surface area contributed by atoms with Gasteiger partial charge in [-0.15, -0.1) is 0 Å². The van der Waals surface area contributed by atoms with Gasteiger partial charge in [0, 0.05) is 6.42 Å². The summed E-state index contributed by atoms with van der Waals surface area (Å²) in [5, 5.41) is 13.8. The fraction of sp³-hybridized carbons (Fsp3) is 0.830. The lowest BCUT2D eigenvalue weighted by molar-refractivity contribution is -0.870. The number of aliphatic hydroxyl groups excluding tert-OH is 1. The molecule has 0 heterocycles. The summed E-state index contributed by atoms with van der Waals surface area (Å²) in [4.78, 5) is 23.0. The van der Waals surface area contributed by atoms with Crippen molar-refractivity contribution in [1.29, 1.82) is 0 Å². The minimum absolute atomic E-state index is 0.0746. The molecule has 8 nitrogen and oxygen atoms in total. The first-order valence-electron chi connectivity index (χ1n) is 26.0. The van der Waals surface area contributed by atoms with E-state index in [2.05, 4.69) is 67.8 Å². The average molecular weight is 894 g/mol. The van der Waals surface area contributed by atoms with Crippen LogP contribution in [0.5, 0.6) is 0 Å². The van der Waals surface area contributed by atoms with E-state index in [4.69, 9.17) is 9.05 Å². The number of aliphatic hydroxyl groups is 1. The number of allylic oxidation sites excluding steroid dienone is 8. The molecule has 0 aromatic rings. The summed E-state index contributed by atoms with van der Waals surface area (Å²) in [7, 11) is 1.62. The second kappa shape index (κ2) is 44.7. The molecule has 0 aliphatic rings. The van der Waals surface area contributed by atoms with Crippen molar-refractivity contribution in [3.8, 4) is 0 Å². The summed E-state index contributed by atoms with van der Waals surface area (Å²) in [6.07, 6.45) is 58.0. The van der Waals surface area contributed by atoms with Crippen molar-refractivity contribution in [2.24, 2.45) is 0 Å². The number of rotatable bonds is 47. The van der Waals surface area contributed by atoms with Crippen LogP contribution in [0.2, 0.25) is 0 Å². The number of hydrogen-bond donors (Lipinski definition) is 3. The summed E-state index contributed by atoms with van der Waals surface area (Å²) in [5.74, 6) is -0.149. The van der Waals surface area contributed by atoms with Crippen LogP contribution in [-0.4, -0.2) is 73.4 Å². The number of quaternary nitrogens is 1. The van der Waals surface area contributed by atoms with Crippen molar-refractivity contribution >= 4 is 13.7 Å². The first kappa shape index (κ1) is 60.5. The van der Waals surface area contributed by atoms with Gasteiger partial charge in [-0.25, -0.2) is 4.57 Å². The van der Waals surface area contributed by atoms with Gasteiger partial charge in [0.25, 0.3) is 0 Å². The Labute approximate surface area is 384 Å². The molecule has 0 fully saturated rings. The van der Waals surface area contributed by atoms with E-state index in [0.717, 1.165) is 77.0 Å². The maximum Gasteiger partial charge on any atom is 0.472 e. The normalized spacial score (nSPS) is 14.5. The van der Waals surface area contributed by atoms with E-state index in [1.54, 1.807) is 0 Å². The van der Waals surface area contributed by atoms with Gasteiger partial charge >= 0.3 is 7.82 Å². The Morgan fingerprint density at radius 2 is 0.968 bits per heavy atom. The van der Waals surface area contributed by atoms with Gasteiger partial charge in [-0.05, 0) is 51.4 Å². The monoisotopic (exact) mass is 894 g/mol. The number of unbranched alkanes of at least 4 members (excludes halogenated alkanes) is 26. The van der Waals surface area contributed by atoms with Crippen molar-refractivity contribution in [3.63, 3.8) is 0 Å². The molecule has 1 amide bonds. The number of phosphoric ester groups is 1. The number of hydrogen-bond acceptors (Lipinski definition) is 5. The molecule has 0 saturated heterocycles. The fourth-order valence-electron chi connectivity index (χ4n) is 7.51. The lowest BCUT2D eigenvalue weighted by Crippen LogP contribution is -2.46. The van der Waals surface area contributed by atoms with E-state index in [0.29, 0.717) is 23.9 Å². The molecule has 0 spiro atoms. The second-order valence-electron chi connectivity index (χ2n) is 18.9. The van der Waals surface area contributed by atoms with Gasteiger partial charge in [-0.2, -0.15) is 0 Å². The van der Waals surface area contributed by atoms with Gasteiger partial charge in [0.15, 0.2) is 0 Å². The molecule has 0 aliphatic heterocycles. The van der Waals surface area contributed by atoms with E-state index < -0.39 is 20.0 Å². The van der Waals surface area contributed by atoms with Gasteiger partial charge in [0.2, 0.25) is 5.91 Å². The lowest BCUT2D eigenvalue weighted by atomic mass is 10.0. The minimum Gasteiger partial charge on any atom is -0.391 e. The van der Waals surface area contributed by atoms with Crippen molar-refractivity contribution in [1.82, 2.24) is 5.32 Å². The highest BCUT2D eigenvalue weighted by molar-refractivity contribution is 7.47. The van der Waals surface area contributed by atoms with Crippen LogP contribution in [0.25, 0.3) is 0 Å². The molecule has 3 N–H and O–H groups in total. The smallest absolute Gasteiger partial charge is 0.391 e. The van der Waals surface area contributed by atoms with Gasteiger partial charge in [0.1, 0.15) is 13.2 Å². The summed E-state index contributed by atoms with van der Waals surface area (Å²) in [6.45, 7) is 4.69. The fourth-order valence-corrected chi connectivity index (χ4v) is 8.24. The van der Waals surface area contributed by atoms with Crippen LogP contribution >= 0.6 is 7.82 Å². The Morgan fingerprint density at radius 1 is 0.565 bits per heavy atom. The van der Waals surface area contributed by atoms with Crippen LogP contribution in [0.15, 0.2) is 48.6 Å². The van der Waals surface area contributed by atoms with E-state index in [9.17, 15) is 19.4 Å². The molecule has 0 aromatic heterocycles. The number of amides is 1. The number of carbonyl (C=O) groups excluding carboxylic acids is 1. The van der Waals surface area contributed by atoms with Crippen molar-refractivity contribution in [2.45, 2.75) is 244 Å². The Kier molecular flexibility index (Phi) is 43.5. The molecule has 0 rings (SSSR count). The zero-order chi connectivity index (χ0) is 45.7. The second-order valence-corrected chi connectivity index (χ2v) is 20.3. The van der Waals surface area contributed by atoms with Crippen LogP contribution in [0.3, 0.4) is 0 Å². The van der Waals surface area contributed by atoms with Crippen LogP contribution in [0.4, 0.5) is 0 Å². The van der Waals surface area contributed by atoms with Gasteiger partial charge < -0.3 is 19.8 Å². The van der Waals surface area contributed by atoms with Crippen LogP contribution in [-0.2, 0) is 18.4 Å². The number of likely N-dealkylation sites (N-methyl/N-ethyl adjacent to an activating group) is 1. The van der Waals surface area contributed by atoms with Gasteiger partial charge in [-0.3, -0.25) is 13.8 Å². The van der Waals surface area contributed by atoms with Crippen LogP contribution < -0.4 is 5.32 Å². The highest BCUT2D eigenvalue weighted by Crippen LogP contribution is 2.43. The van der Waals surface area contributed by atoms with E-state index >= 15 is 0 Å². The Bertz CT molecular complexity index is 1150. The number of nitrogens with one attached hydrogen (secondary N) is 1. The van der Waals surface area contributed by atoms with Crippen molar-refractivity contribution < 1.29 is 32.9 Å². The highest BCUT2D eigenvalue weighted by Gasteiger charge is 2.28. The predicted octanol–water partition coefficient (Wildman–Crippen LogP) is 15.2. The molecule has 62 heavy (non-hydrogen) atoms. The summed E-state index contributed by atoms with van der Waals surface area (Å²) in [5.41, 5.74) is 0. The Balaban J connectivity index is 3.75. The third-order valence-corrected chi connectivity index (χ3v) is 12.6. The molecule has 0 radical (unpaired) electrons. The van der Waals surface area contributed by atoms with Gasteiger partial charge in [0.05, 0.1) is 39.9 Å². The van der Waals surface area contributed by atoms with Crippen LogP contribution in [0, 0.1) is 0 Å². The standard InChI is InChI=1S/C53H101N2O6P/c1-6-8-10-12-13-14-15-16-17-18-19-20-21-22-23-24-25-26-27-28-29-30-31-32-33-34-35-36-37-38-39-40-41-43-45-47-53(57)54-51(52(56)46-44-42-11-9-7-2)50-61-62(58,59)60-49-48-55(3,4)5/h8,10,13-14,16-17,19-20,51-52,56H,6-7,9,11-12,15,18,21-50H2,1-5H3,(H-,54,57,58,59)/p+1/b10-8-,14-13-,17-16-,20-19-. The quantitative estimate of drug-likeness (QED) is 0.0243. The molecular formula is C53H102N2O6P+. The summed E-state index contributed by atoms with van der Waals surface area (Å²) >= 11 is 0. The number of nitrogens with zero attached hydrogens (tertiary/aromatic N) is 1. The lowest BCUT2D eigenvalue weighted by Gasteiger charge is -2.26. The summed E-state index contributed by atoms with van der Waals surface area (Å²) in [6, 6.07) is -0.755. The molecule has 3 atom stereocenters. The van der Waals surface area contributed by atoms with Crippen LogP contribution in [0.1, 0.15) is 232 Å². The third-order valence-electron chi connectivity index (χ3n) is 11.6. The third kappa shape index (κ3) is 46.5. The van der Waals surface area contributed by atoms with Gasteiger partial charge in [-0.1, -0.05) is 223 Å². The molecule has 0 saturated carbocycles. The predicted molar refractivity (Wildman–Crippen MR) is 267 cm³/mol. The molecule has 0 aromatic carbocycles. The largest absolute Gasteiger partial charge is 0.472 e. The zero-order valence-electron chi connectivity index (χ0n) is 41.4. The molecular weight excluding hydrogens is 792 g/mol. The molecule has 9 heteroatoms.